The number of hydrogen-bond donors (Lipinski definition) is 2. The molecule has 2 aromatic heterocycles. The third-order valence-corrected chi connectivity index (χ3v) is 2.68. The van der Waals surface area contributed by atoms with E-state index < -0.39 is 0 Å². The van der Waals surface area contributed by atoms with Crippen molar-refractivity contribution in [1.29, 1.82) is 0 Å². The summed E-state index contributed by atoms with van der Waals surface area (Å²) in [5.41, 5.74) is 8.43. The number of benzene rings is 1. The number of hydrogen-bond acceptors (Lipinski definition) is 4. The van der Waals surface area contributed by atoms with E-state index in [2.05, 4.69) is 15.2 Å². The smallest absolute Gasteiger partial charge is 0.238 e. The second-order valence-corrected chi connectivity index (χ2v) is 4.04. The largest absolute Gasteiger partial charge is 0.435 e. The van der Waals surface area contributed by atoms with Crippen LogP contribution in [0.15, 0.2) is 36.5 Å². The van der Waals surface area contributed by atoms with Gasteiger partial charge in [-0.2, -0.15) is 0 Å². The number of ether oxygens (including phenoxy) is 1. The van der Waals surface area contributed by atoms with E-state index in [0.717, 1.165) is 16.6 Å². The van der Waals surface area contributed by atoms with Crippen LogP contribution in [0, 0.1) is 6.92 Å². The highest BCUT2D eigenvalue weighted by Gasteiger charge is 2.08. The zero-order valence-electron chi connectivity index (χ0n) is 9.84. The molecule has 5 heteroatoms. The minimum absolute atomic E-state index is 0.502. The molecule has 0 saturated carbocycles. The van der Waals surface area contributed by atoms with Crippen molar-refractivity contribution in [2.75, 3.05) is 5.73 Å². The van der Waals surface area contributed by atoms with Crippen molar-refractivity contribution < 1.29 is 4.74 Å². The van der Waals surface area contributed by atoms with E-state index in [1.54, 1.807) is 12.3 Å². The van der Waals surface area contributed by atoms with Crippen molar-refractivity contribution in [2.45, 2.75) is 6.92 Å². The molecule has 3 rings (SSSR count). The summed E-state index contributed by atoms with van der Waals surface area (Å²) in [6, 6.07) is 9.25. The second-order valence-electron chi connectivity index (χ2n) is 4.04. The Morgan fingerprint density at radius 2 is 2.17 bits per heavy atom. The Bertz CT molecular complexity index is 705. The van der Waals surface area contributed by atoms with E-state index in [0.29, 0.717) is 17.3 Å². The van der Waals surface area contributed by atoms with Crippen LogP contribution in [-0.4, -0.2) is 15.2 Å². The first-order valence-corrected chi connectivity index (χ1v) is 5.57. The van der Waals surface area contributed by atoms with Crippen molar-refractivity contribution in [2.24, 2.45) is 0 Å². The van der Waals surface area contributed by atoms with Gasteiger partial charge in [-0.25, -0.2) is 0 Å². The highest BCUT2D eigenvalue weighted by molar-refractivity contribution is 5.93. The van der Waals surface area contributed by atoms with Crippen LogP contribution in [0.5, 0.6) is 11.6 Å². The molecule has 0 aliphatic rings. The number of nitrogens with one attached hydrogen (secondary N) is 1. The van der Waals surface area contributed by atoms with Gasteiger partial charge in [0, 0.05) is 23.3 Å². The fraction of sp³-hybridized carbons (Fsp3) is 0.0769. The van der Waals surface area contributed by atoms with E-state index in [4.69, 9.17) is 10.5 Å². The average molecular weight is 240 g/mol. The predicted octanol–water partition coefficient (Wildman–Crippen LogP) is 2.64. The number of pyridine rings is 1. The van der Waals surface area contributed by atoms with Crippen LogP contribution in [0.1, 0.15) is 5.69 Å². The number of aromatic amines is 1. The van der Waals surface area contributed by atoms with Crippen LogP contribution in [-0.2, 0) is 0 Å². The Hall–Kier alpha value is -2.56. The molecule has 0 radical (unpaired) electrons. The minimum atomic E-state index is 0.502. The van der Waals surface area contributed by atoms with Gasteiger partial charge in [0.2, 0.25) is 5.88 Å². The van der Waals surface area contributed by atoms with Crippen LogP contribution in [0.2, 0.25) is 0 Å². The van der Waals surface area contributed by atoms with Gasteiger partial charge in [-0.1, -0.05) is 0 Å². The molecule has 0 bridgehead atoms. The quantitative estimate of drug-likeness (QED) is 0.675. The molecule has 0 spiro atoms. The molecule has 90 valence electrons. The van der Waals surface area contributed by atoms with Gasteiger partial charge in [-0.05, 0) is 31.2 Å². The van der Waals surface area contributed by atoms with Crippen molar-refractivity contribution in [1.82, 2.24) is 15.2 Å². The molecule has 18 heavy (non-hydrogen) atoms. The lowest BCUT2D eigenvalue weighted by Gasteiger charge is -2.08. The summed E-state index contributed by atoms with van der Waals surface area (Å²) in [6.07, 6.45) is 1.74. The maximum Gasteiger partial charge on any atom is 0.238 e. The van der Waals surface area contributed by atoms with Gasteiger partial charge >= 0.3 is 0 Å². The topological polar surface area (TPSA) is 76.8 Å². The van der Waals surface area contributed by atoms with E-state index >= 15 is 0 Å². The summed E-state index contributed by atoms with van der Waals surface area (Å²) in [6.45, 7) is 1.91. The summed E-state index contributed by atoms with van der Waals surface area (Å²) in [5.74, 6) is 1.09. The lowest BCUT2D eigenvalue weighted by molar-refractivity contribution is 0.464. The van der Waals surface area contributed by atoms with Crippen molar-refractivity contribution >= 4 is 16.6 Å². The van der Waals surface area contributed by atoms with Crippen LogP contribution in [0.4, 0.5) is 5.69 Å². The number of nitrogen functional groups attached to an aromatic ring is 1. The molecule has 2 heterocycles. The summed E-state index contributed by atoms with van der Waals surface area (Å²) in [4.78, 5) is 4.24. The van der Waals surface area contributed by atoms with Crippen LogP contribution >= 0.6 is 0 Å². The molecule has 5 nitrogen and oxygen atoms in total. The van der Waals surface area contributed by atoms with Gasteiger partial charge < -0.3 is 10.5 Å². The number of nitrogens with zero attached hydrogens (tertiary/aromatic N) is 2. The van der Waals surface area contributed by atoms with E-state index in [1.165, 1.54) is 0 Å². The average Bonchev–Trinajstić information content (AvgIpc) is 2.79. The maximum atomic E-state index is 6.07. The number of H-pyrrole nitrogens is 1. The fourth-order valence-electron chi connectivity index (χ4n) is 1.80. The molecule has 0 saturated heterocycles. The zero-order valence-corrected chi connectivity index (χ0v) is 9.84. The van der Waals surface area contributed by atoms with Gasteiger partial charge in [0.1, 0.15) is 0 Å². The lowest BCUT2D eigenvalue weighted by atomic mass is 10.1. The molecule has 0 atom stereocenters. The summed E-state index contributed by atoms with van der Waals surface area (Å²) in [7, 11) is 0. The zero-order chi connectivity index (χ0) is 12.5. The summed E-state index contributed by atoms with van der Waals surface area (Å²) >= 11 is 0. The van der Waals surface area contributed by atoms with Crippen LogP contribution < -0.4 is 10.5 Å². The van der Waals surface area contributed by atoms with Gasteiger partial charge in [0.25, 0.3) is 0 Å². The maximum absolute atomic E-state index is 6.07. The minimum Gasteiger partial charge on any atom is -0.435 e. The van der Waals surface area contributed by atoms with E-state index in [1.807, 2.05) is 31.2 Å². The van der Waals surface area contributed by atoms with Gasteiger partial charge in [-0.15, -0.1) is 5.10 Å². The first-order valence-electron chi connectivity index (χ1n) is 5.57. The second kappa shape index (κ2) is 4.03. The third-order valence-electron chi connectivity index (χ3n) is 2.68. The van der Waals surface area contributed by atoms with E-state index in [9.17, 15) is 0 Å². The highest BCUT2D eigenvalue weighted by Crippen LogP contribution is 2.32. The van der Waals surface area contributed by atoms with E-state index in [-0.39, 0.29) is 0 Å². The van der Waals surface area contributed by atoms with Gasteiger partial charge in [0.15, 0.2) is 5.75 Å². The number of aryl methyl sites for hydroxylation is 1. The third kappa shape index (κ3) is 1.75. The predicted molar refractivity (Wildman–Crippen MR) is 69.6 cm³/mol. The standard InChI is InChI=1S/C13H12N4O/c1-8-7-12(17-16-8)18-11-5-4-10-9(13(11)14)3-2-6-15-10/h2-7H,14H2,1H3,(H,16,17). The van der Waals surface area contributed by atoms with Crippen LogP contribution in [0.25, 0.3) is 10.9 Å². The Morgan fingerprint density at radius 3 is 2.94 bits per heavy atom. The molecule has 0 unspecified atom stereocenters. The molecule has 3 aromatic rings. The number of anilines is 1. The first kappa shape index (κ1) is 10.6. The molecule has 3 N–H and O–H groups in total. The molecular weight excluding hydrogens is 228 g/mol. The van der Waals surface area contributed by atoms with Gasteiger partial charge in [-0.3, -0.25) is 10.1 Å². The number of nitrogens with two attached hydrogens (primary N) is 1. The van der Waals surface area contributed by atoms with Gasteiger partial charge in [0.05, 0.1) is 11.2 Å². The number of aromatic nitrogens is 3. The SMILES string of the molecule is Cc1cc(Oc2ccc3ncccc3c2N)n[nH]1. The fourth-order valence-corrected chi connectivity index (χ4v) is 1.80. The van der Waals surface area contributed by atoms with Crippen molar-refractivity contribution in [3.63, 3.8) is 0 Å². The van der Waals surface area contributed by atoms with Crippen LogP contribution in [0.3, 0.4) is 0 Å². The Kier molecular flexibility index (Phi) is 2.37. The normalized spacial score (nSPS) is 10.7. The summed E-state index contributed by atoms with van der Waals surface area (Å²) in [5, 5.41) is 7.71. The Balaban J connectivity index is 2.04. The monoisotopic (exact) mass is 240 g/mol. The summed E-state index contributed by atoms with van der Waals surface area (Å²) < 4.78 is 5.64. The molecule has 1 aromatic carbocycles. The number of fused-ring (bicyclic) bond motifs is 1. The van der Waals surface area contributed by atoms with Crippen molar-refractivity contribution in [3.8, 4) is 11.6 Å². The molecule has 0 aliphatic carbocycles. The van der Waals surface area contributed by atoms with Crippen molar-refractivity contribution in [3.05, 3.63) is 42.2 Å². The molecular formula is C13H12N4O. The lowest BCUT2D eigenvalue weighted by Crippen LogP contribution is -1.94. The Morgan fingerprint density at radius 1 is 1.28 bits per heavy atom. The first-order chi connectivity index (χ1) is 8.74. The number of rotatable bonds is 2. The highest BCUT2D eigenvalue weighted by atomic mass is 16.5. The molecule has 0 amide bonds. The Labute approximate surface area is 104 Å². The molecule has 0 aliphatic heterocycles. The molecule has 0 fully saturated rings.